The molecule has 1 heterocycles. The third-order valence-corrected chi connectivity index (χ3v) is 2.00. The van der Waals surface area contributed by atoms with Crippen molar-refractivity contribution in [1.29, 1.82) is 0 Å². The second kappa shape index (κ2) is 6.40. The molecule has 0 radical (unpaired) electrons. The van der Waals surface area contributed by atoms with E-state index in [0.29, 0.717) is 6.54 Å². The van der Waals surface area contributed by atoms with Gasteiger partial charge in [0.2, 0.25) is 0 Å². The lowest BCUT2D eigenvalue weighted by molar-refractivity contribution is -0.392. The zero-order valence-corrected chi connectivity index (χ0v) is 9.11. The summed E-state index contributed by atoms with van der Waals surface area (Å²) in [4.78, 5) is 9.84. The van der Waals surface area contributed by atoms with Crippen molar-refractivity contribution >= 4 is 5.82 Å². The fourth-order valence-electron chi connectivity index (χ4n) is 1.22. The highest BCUT2D eigenvalue weighted by molar-refractivity contribution is 5.20. The van der Waals surface area contributed by atoms with Crippen LogP contribution in [-0.4, -0.2) is 9.49 Å². The Morgan fingerprint density at radius 1 is 1.12 bits per heavy atom. The average molecular weight is 218 g/mol. The van der Waals surface area contributed by atoms with Gasteiger partial charge in [-0.15, -0.1) is 0 Å². The van der Waals surface area contributed by atoms with Crippen LogP contribution in [0.4, 0.5) is 5.82 Å². The molecule has 0 aliphatic heterocycles. The summed E-state index contributed by atoms with van der Waals surface area (Å²) in [6.07, 6.45) is 1.69. The summed E-state index contributed by atoms with van der Waals surface area (Å²) < 4.78 is 1.58. The maximum Gasteiger partial charge on any atom is 0.322 e. The predicted octanol–water partition coefficient (Wildman–Crippen LogP) is 3.10. The molecule has 16 heavy (non-hydrogen) atoms. The predicted molar refractivity (Wildman–Crippen MR) is 63.2 cm³/mol. The minimum absolute atomic E-state index is 0.155. The van der Waals surface area contributed by atoms with Crippen molar-refractivity contribution in [3.05, 3.63) is 64.8 Å². The van der Waals surface area contributed by atoms with E-state index >= 15 is 0 Å². The van der Waals surface area contributed by atoms with Gasteiger partial charge < -0.3 is 10.1 Å². The topological polar surface area (TPSA) is 48.1 Å². The molecule has 1 aromatic heterocycles. The molecule has 4 heteroatoms. The highest BCUT2D eigenvalue weighted by Gasteiger charge is 2.07. The first kappa shape index (κ1) is 12.0. The molecule has 0 saturated heterocycles. The highest BCUT2D eigenvalue weighted by Crippen LogP contribution is 2.10. The van der Waals surface area contributed by atoms with E-state index in [4.69, 9.17) is 0 Å². The molecule has 84 valence electrons. The number of aromatic nitrogens is 1. The monoisotopic (exact) mass is 218 g/mol. The van der Waals surface area contributed by atoms with Gasteiger partial charge in [0, 0.05) is 6.07 Å². The van der Waals surface area contributed by atoms with Gasteiger partial charge >= 0.3 is 5.82 Å². The van der Waals surface area contributed by atoms with E-state index in [-0.39, 0.29) is 10.7 Å². The van der Waals surface area contributed by atoms with Gasteiger partial charge in [-0.3, -0.25) is 0 Å². The van der Waals surface area contributed by atoms with Crippen molar-refractivity contribution in [2.75, 3.05) is 0 Å². The Hall–Kier alpha value is -2.10. The summed E-state index contributed by atoms with van der Waals surface area (Å²) in [6, 6.07) is 15.2. The fourth-order valence-corrected chi connectivity index (χ4v) is 1.22. The Morgan fingerprint density at radius 3 is 1.94 bits per heavy atom. The zero-order chi connectivity index (χ0) is 11.8. The molecule has 0 aliphatic carbocycles. The molecule has 2 rings (SSSR count). The standard InChI is InChI=1S/C6H8N2O2.C6H6/c1-2-7-5-3-4-6(7)8(9)10;1-2-4-6-5-3-1/h3-5H,2H2,1H3;1-6H. The molecular formula is C12H14N2O2. The molecule has 0 fully saturated rings. The van der Waals surface area contributed by atoms with Crippen LogP contribution < -0.4 is 0 Å². The van der Waals surface area contributed by atoms with Crippen molar-refractivity contribution < 1.29 is 4.92 Å². The number of benzene rings is 1. The van der Waals surface area contributed by atoms with E-state index in [1.165, 1.54) is 6.07 Å². The van der Waals surface area contributed by atoms with E-state index in [9.17, 15) is 10.1 Å². The molecular weight excluding hydrogens is 204 g/mol. The van der Waals surface area contributed by atoms with Gasteiger partial charge in [-0.1, -0.05) is 36.4 Å². The summed E-state index contributed by atoms with van der Waals surface area (Å²) in [6.45, 7) is 2.51. The zero-order valence-electron chi connectivity index (χ0n) is 9.11. The van der Waals surface area contributed by atoms with Crippen LogP contribution in [0.5, 0.6) is 0 Å². The van der Waals surface area contributed by atoms with Crippen molar-refractivity contribution in [1.82, 2.24) is 4.57 Å². The Bertz CT molecular complexity index is 397. The minimum atomic E-state index is -0.385. The van der Waals surface area contributed by atoms with Gasteiger partial charge in [0.05, 0.1) is 12.7 Å². The molecule has 1 aromatic carbocycles. The molecule has 0 unspecified atom stereocenters. The maximum atomic E-state index is 10.2. The first-order valence-electron chi connectivity index (χ1n) is 5.05. The largest absolute Gasteiger partial charge is 0.358 e. The molecule has 0 bridgehead atoms. The number of hydrogen-bond donors (Lipinski definition) is 0. The van der Waals surface area contributed by atoms with Gasteiger partial charge in [-0.2, -0.15) is 0 Å². The molecule has 0 spiro atoms. The summed E-state index contributed by atoms with van der Waals surface area (Å²) in [5.74, 6) is 0.155. The molecule has 2 aromatic rings. The van der Waals surface area contributed by atoms with E-state index in [0.717, 1.165) is 0 Å². The summed E-state index contributed by atoms with van der Waals surface area (Å²) in [5.41, 5.74) is 0. The average Bonchev–Trinajstić information content (AvgIpc) is 2.80. The molecule has 0 aliphatic rings. The van der Waals surface area contributed by atoms with Gasteiger partial charge in [0.15, 0.2) is 0 Å². The van der Waals surface area contributed by atoms with Crippen LogP contribution in [0.2, 0.25) is 0 Å². The second-order valence-corrected chi connectivity index (χ2v) is 3.06. The van der Waals surface area contributed by atoms with Crippen LogP contribution >= 0.6 is 0 Å². The normalized spacial score (nSPS) is 9.06. The Morgan fingerprint density at radius 2 is 1.62 bits per heavy atom. The van der Waals surface area contributed by atoms with Gasteiger partial charge in [0.1, 0.15) is 0 Å². The Kier molecular flexibility index (Phi) is 4.79. The van der Waals surface area contributed by atoms with Crippen molar-refractivity contribution in [2.24, 2.45) is 0 Å². The quantitative estimate of drug-likeness (QED) is 0.574. The highest BCUT2D eigenvalue weighted by atomic mass is 16.6. The Balaban J connectivity index is 0.000000181. The van der Waals surface area contributed by atoms with Crippen LogP contribution in [0.1, 0.15) is 6.92 Å². The number of aryl methyl sites for hydroxylation is 1. The van der Waals surface area contributed by atoms with E-state index < -0.39 is 0 Å². The lowest BCUT2D eigenvalue weighted by atomic mass is 10.4. The van der Waals surface area contributed by atoms with Gasteiger partial charge in [-0.25, -0.2) is 4.57 Å². The summed E-state index contributed by atoms with van der Waals surface area (Å²) in [5, 5.41) is 10.2. The van der Waals surface area contributed by atoms with E-state index in [2.05, 4.69) is 0 Å². The molecule has 0 atom stereocenters. The van der Waals surface area contributed by atoms with Crippen molar-refractivity contribution in [3.8, 4) is 0 Å². The number of rotatable bonds is 2. The number of nitro groups is 1. The molecule has 4 nitrogen and oxygen atoms in total. The van der Waals surface area contributed by atoms with Crippen LogP contribution in [-0.2, 0) is 6.54 Å². The van der Waals surface area contributed by atoms with Crippen LogP contribution in [0, 0.1) is 10.1 Å². The number of hydrogen-bond acceptors (Lipinski definition) is 2. The van der Waals surface area contributed by atoms with E-state index in [1.54, 1.807) is 16.8 Å². The fraction of sp³-hybridized carbons (Fsp3) is 0.167. The minimum Gasteiger partial charge on any atom is -0.358 e. The first-order chi connectivity index (χ1) is 7.75. The van der Waals surface area contributed by atoms with E-state index in [1.807, 2.05) is 43.3 Å². The summed E-state index contributed by atoms with van der Waals surface area (Å²) in [7, 11) is 0. The molecule has 0 N–H and O–H groups in total. The molecule has 0 saturated carbocycles. The van der Waals surface area contributed by atoms with Gasteiger partial charge in [0.25, 0.3) is 0 Å². The lowest BCUT2D eigenvalue weighted by Crippen LogP contribution is -1.98. The van der Waals surface area contributed by atoms with Crippen LogP contribution in [0.15, 0.2) is 54.7 Å². The van der Waals surface area contributed by atoms with Crippen molar-refractivity contribution in [2.45, 2.75) is 13.5 Å². The maximum absolute atomic E-state index is 10.2. The lowest BCUT2D eigenvalue weighted by Gasteiger charge is -1.95. The van der Waals surface area contributed by atoms with Crippen molar-refractivity contribution in [3.63, 3.8) is 0 Å². The third kappa shape index (κ3) is 3.57. The first-order valence-corrected chi connectivity index (χ1v) is 5.05. The Labute approximate surface area is 94.3 Å². The number of nitrogens with zero attached hydrogens (tertiary/aromatic N) is 2. The molecule has 0 amide bonds. The second-order valence-electron chi connectivity index (χ2n) is 3.06. The smallest absolute Gasteiger partial charge is 0.322 e. The SMILES string of the molecule is CCn1cccc1[N+](=O)[O-].c1ccccc1. The third-order valence-electron chi connectivity index (χ3n) is 2.00. The summed E-state index contributed by atoms with van der Waals surface area (Å²) >= 11 is 0. The van der Waals surface area contributed by atoms with Crippen LogP contribution in [0.25, 0.3) is 0 Å². The van der Waals surface area contributed by atoms with Crippen LogP contribution in [0.3, 0.4) is 0 Å². The van der Waals surface area contributed by atoms with Gasteiger partial charge in [-0.05, 0) is 17.9 Å².